The Morgan fingerprint density at radius 3 is 2.87 bits per heavy atom. The molecule has 0 fully saturated rings. The van der Waals surface area contributed by atoms with E-state index in [4.69, 9.17) is 5.73 Å². The van der Waals surface area contributed by atoms with Gasteiger partial charge in [0.25, 0.3) is 0 Å². The molecule has 0 aliphatic carbocycles. The summed E-state index contributed by atoms with van der Waals surface area (Å²) >= 11 is 0. The quantitative estimate of drug-likeness (QED) is 0.612. The Bertz CT molecular complexity index is 366. The van der Waals surface area contributed by atoms with Gasteiger partial charge in [-0.2, -0.15) is 0 Å². The van der Waals surface area contributed by atoms with E-state index < -0.39 is 0 Å². The number of rotatable bonds is 3. The molecule has 0 saturated heterocycles. The average molecular weight is 211 g/mol. The number of halogens is 1. The van der Waals surface area contributed by atoms with Crippen LogP contribution in [0.5, 0.6) is 0 Å². The monoisotopic (exact) mass is 211 g/mol. The van der Waals surface area contributed by atoms with E-state index in [1.807, 2.05) is 0 Å². The first-order valence-corrected chi connectivity index (χ1v) is 4.66. The van der Waals surface area contributed by atoms with Crippen LogP contribution in [0.2, 0.25) is 0 Å². The van der Waals surface area contributed by atoms with Crippen LogP contribution in [0.25, 0.3) is 0 Å². The third kappa shape index (κ3) is 2.94. The van der Waals surface area contributed by atoms with Crippen molar-refractivity contribution in [3.8, 4) is 0 Å². The van der Waals surface area contributed by atoms with Crippen LogP contribution in [0.4, 0.5) is 10.1 Å². The van der Waals surface area contributed by atoms with Crippen LogP contribution in [0, 0.1) is 11.7 Å². The molecule has 1 rings (SSSR count). The number of benzene rings is 1. The summed E-state index contributed by atoms with van der Waals surface area (Å²) in [6.07, 6.45) is 0.295. The maximum atomic E-state index is 13.3. The van der Waals surface area contributed by atoms with E-state index >= 15 is 0 Å². The van der Waals surface area contributed by atoms with Crippen LogP contribution in [-0.2, 0) is 16.0 Å². The zero-order valence-corrected chi connectivity index (χ0v) is 8.79. The molecule has 0 heterocycles. The second kappa shape index (κ2) is 4.77. The molecular weight excluding hydrogens is 197 g/mol. The maximum absolute atomic E-state index is 13.3. The molecular formula is C11H14FNO2. The van der Waals surface area contributed by atoms with Gasteiger partial charge in [0.05, 0.1) is 13.0 Å². The van der Waals surface area contributed by atoms with Crippen molar-refractivity contribution in [3.63, 3.8) is 0 Å². The molecule has 0 aliphatic heterocycles. The lowest BCUT2D eigenvalue weighted by atomic mass is 10.0. The van der Waals surface area contributed by atoms with Crippen LogP contribution in [0.1, 0.15) is 12.5 Å². The topological polar surface area (TPSA) is 52.3 Å². The van der Waals surface area contributed by atoms with Crippen LogP contribution in [0.3, 0.4) is 0 Å². The van der Waals surface area contributed by atoms with Crippen molar-refractivity contribution in [2.75, 3.05) is 12.8 Å². The molecule has 2 N–H and O–H groups in total. The Labute approximate surface area is 88.0 Å². The number of nitrogens with two attached hydrogens (primary N) is 1. The first-order chi connectivity index (χ1) is 7.04. The molecule has 1 aromatic rings. The Morgan fingerprint density at radius 2 is 2.27 bits per heavy atom. The van der Waals surface area contributed by atoms with Gasteiger partial charge in [-0.05, 0) is 30.2 Å². The number of carbonyl (C=O) groups is 1. The number of hydrogen-bond acceptors (Lipinski definition) is 3. The van der Waals surface area contributed by atoms with E-state index in [9.17, 15) is 9.18 Å². The van der Waals surface area contributed by atoms with Crippen molar-refractivity contribution in [1.29, 1.82) is 0 Å². The fourth-order valence-electron chi connectivity index (χ4n) is 1.37. The van der Waals surface area contributed by atoms with Gasteiger partial charge in [-0.3, -0.25) is 4.79 Å². The minimum absolute atomic E-state index is 0.295. The summed E-state index contributed by atoms with van der Waals surface area (Å²) < 4.78 is 17.9. The second-order valence-corrected chi connectivity index (χ2v) is 3.48. The van der Waals surface area contributed by atoms with Crippen molar-refractivity contribution in [2.45, 2.75) is 13.3 Å². The minimum atomic E-state index is -0.369. The molecule has 4 heteroatoms. The molecule has 1 aromatic carbocycles. The molecule has 3 nitrogen and oxygen atoms in total. The lowest BCUT2D eigenvalue weighted by molar-refractivity contribution is -0.144. The van der Waals surface area contributed by atoms with Gasteiger partial charge in [0.15, 0.2) is 0 Å². The molecule has 0 bridgehead atoms. The highest BCUT2D eigenvalue weighted by atomic mass is 19.1. The third-order valence-electron chi connectivity index (χ3n) is 2.20. The molecule has 0 saturated carbocycles. The van der Waals surface area contributed by atoms with Gasteiger partial charge in [0, 0.05) is 5.69 Å². The summed E-state index contributed by atoms with van der Waals surface area (Å²) in [6.45, 7) is 1.69. The van der Waals surface area contributed by atoms with Gasteiger partial charge in [-0.1, -0.05) is 6.92 Å². The largest absolute Gasteiger partial charge is 0.469 e. The number of ether oxygens (including phenoxy) is 1. The molecule has 82 valence electrons. The summed E-state index contributed by atoms with van der Waals surface area (Å²) in [4.78, 5) is 11.1. The molecule has 0 radical (unpaired) electrons. The smallest absolute Gasteiger partial charge is 0.308 e. The molecule has 0 aliphatic rings. The summed E-state index contributed by atoms with van der Waals surface area (Å²) in [5, 5.41) is 0. The van der Waals surface area contributed by atoms with E-state index in [0.29, 0.717) is 17.7 Å². The highest BCUT2D eigenvalue weighted by Crippen LogP contribution is 2.16. The lowest BCUT2D eigenvalue weighted by Crippen LogP contribution is -2.15. The van der Waals surface area contributed by atoms with E-state index in [-0.39, 0.29) is 17.7 Å². The summed E-state index contributed by atoms with van der Waals surface area (Å²) in [5.74, 6) is -1.07. The van der Waals surface area contributed by atoms with Crippen molar-refractivity contribution in [1.82, 2.24) is 0 Å². The zero-order chi connectivity index (χ0) is 11.4. The first-order valence-electron chi connectivity index (χ1n) is 4.66. The van der Waals surface area contributed by atoms with Crippen molar-refractivity contribution >= 4 is 11.7 Å². The van der Waals surface area contributed by atoms with Crippen molar-refractivity contribution < 1.29 is 13.9 Å². The molecule has 15 heavy (non-hydrogen) atoms. The zero-order valence-electron chi connectivity index (χ0n) is 8.79. The number of hydrogen-bond donors (Lipinski definition) is 1. The average Bonchev–Trinajstić information content (AvgIpc) is 2.22. The van der Waals surface area contributed by atoms with Gasteiger partial charge in [0.2, 0.25) is 0 Å². The van der Waals surface area contributed by atoms with E-state index in [1.54, 1.807) is 6.92 Å². The summed E-state index contributed by atoms with van der Waals surface area (Å²) in [6, 6.07) is 4.32. The van der Waals surface area contributed by atoms with Crippen LogP contribution in [-0.4, -0.2) is 13.1 Å². The van der Waals surface area contributed by atoms with Gasteiger partial charge in [-0.15, -0.1) is 0 Å². The number of methoxy groups -OCH3 is 1. The highest BCUT2D eigenvalue weighted by Gasteiger charge is 2.15. The molecule has 0 amide bonds. The van der Waals surface area contributed by atoms with Crippen LogP contribution >= 0.6 is 0 Å². The number of nitrogen functional groups attached to an aromatic ring is 1. The summed E-state index contributed by atoms with van der Waals surface area (Å²) in [5.41, 5.74) is 6.46. The predicted molar refractivity (Wildman–Crippen MR) is 55.7 cm³/mol. The molecule has 0 spiro atoms. The second-order valence-electron chi connectivity index (χ2n) is 3.48. The Kier molecular flexibility index (Phi) is 3.66. The Morgan fingerprint density at radius 1 is 1.60 bits per heavy atom. The normalized spacial score (nSPS) is 12.2. The molecule has 0 aromatic heterocycles. The van der Waals surface area contributed by atoms with Gasteiger partial charge in [0.1, 0.15) is 5.82 Å². The van der Waals surface area contributed by atoms with Crippen molar-refractivity contribution in [2.24, 2.45) is 5.92 Å². The molecule has 1 atom stereocenters. The van der Waals surface area contributed by atoms with Gasteiger partial charge < -0.3 is 10.5 Å². The van der Waals surface area contributed by atoms with Gasteiger partial charge >= 0.3 is 5.97 Å². The Balaban J connectivity index is 2.80. The number of carbonyl (C=O) groups excluding carboxylic acids is 1. The highest BCUT2D eigenvalue weighted by molar-refractivity contribution is 5.72. The van der Waals surface area contributed by atoms with Gasteiger partial charge in [-0.25, -0.2) is 4.39 Å². The molecule has 1 unspecified atom stereocenters. The van der Waals surface area contributed by atoms with E-state index in [0.717, 1.165) is 0 Å². The van der Waals surface area contributed by atoms with Crippen LogP contribution < -0.4 is 5.73 Å². The van der Waals surface area contributed by atoms with Crippen molar-refractivity contribution in [3.05, 3.63) is 29.6 Å². The fraction of sp³-hybridized carbons (Fsp3) is 0.364. The fourth-order valence-corrected chi connectivity index (χ4v) is 1.37. The van der Waals surface area contributed by atoms with E-state index in [2.05, 4.69) is 4.74 Å². The first kappa shape index (κ1) is 11.5. The maximum Gasteiger partial charge on any atom is 0.308 e. The Hall–Kier alpha value is -1.58. The number of esters is 1. The predicted octanol–water partition coefficient (Wildman–Crippen LogP) is 1.76. The standard InChI is InChI=1S/C11H14FNO2/c1-7(11(14)15-2)5-8-6-9(13)3-4-10(8)12/h3-4,6-7H,5,13H2,1-2H3. The summed E-state index contributed by atoms with van der Waals surface area (Å²) in [7, 11) is 1.31. The SMILES string of the molecule is COC(=O)C(C)Cc1cc(N)ccc1F. The third-order valence-corrected chi connectivity index (χ3v) is 2.20. The minimum Gasteiger partial charge on any atom is -0.469 e. The number of anilines is 1. The van der Waals surface area contributed by atoms with Crippen LogP contribution in [0.15, 0.2) is 18.2 Å². The lowest BCUT2D eigenvalue weighted by Gasteiger charge is -2.10. The van der Waals surface area contributed by atoms with E-state index in [1.165, 1.54) is 25.3 Å².